The maximum Gasteiger partial charge on any atom is 0.351 e. The van der Waals surface area contributed by atoms with Crippen LogP contribution in [0.4, 0.5) is 0 Å². The van der Waals surface area contributed by atoms with Gasteiger partial charge in [-0.1, -0.05) is 0 Å². The molecule has 0 fully saturated rings. The Labute approximate surface area is 176 Å². The summed E-state index contributed by atoms with van der Waals surface area (Å²) in [4.78, 5) is 27.1. The van der Waals surface area contributed by atoms with E-state index in [1.165, 1.54) is 22.3 Å². The fraction of sp³-hybridized carbons (Fsp3) is 0.316. The molecule has 10 nitrogen and oxygen atoms in total. The fourth-order valence-electron chi connectivity index (χ4n) is 3.29. The summed E-state index contributed by atoms with van der Waals surface area (Å²) in [5, 5.41) is 12.6. The lowest BCUT2D eigenvalue weighted by Gasteiger charge is -2.29. The number of thiophene rings is 1. The number of hydrogen-bond donors (Lipinski definition) is 0. The van der Waals surface area contributed by atoms with Gasteiger partial charge in [0.1, 0.15) is 11.2 Å². The van der Waals surface area contributed by atoms with E-state index in [4.69, 9.17) is 14.2 Å². The molecule has 4 rings (SSSR count). The van der Waals surface area contributed by atoms with Gasteiger partial charge in [0.05, 0.1) is 19.9 Å². The van der Waals surface area contributed by atoms with Gasteiger partial charge >= 0.3 is 5.97 Å². The minimum Gasteiger partial charge on any atom is -0.493 e. The minimum absolute atomic E-state index is 0.260. The first-order chi connectivity index (χ1) is 14.6. The average molecular weight is 429 g/mol. The van der Waals surface area contributed by atoms with E-state index >= 15 is 0 Å². The molecule has 0 N–H and O–H groups in total. The Bertz CT molecular complexity index is 1070. The van der Waals surface area contributed by atoms with Crippen LogP contribution in [-0.2, 0) is 22.5 Å². The van der Waals surface area contributed by atoms with Gasteiger partial charge in [-0.3, -0.25) is 4.79 Å². The first-order valence-corrected chi connectivity index (χ1v) is 9.98. The summed E-state index contributed by atoms with van der Waals surface area (Å²) in [5.41, 5.74) is 2.60. The predicted octanol–water partition coefficient (Wildman–Crippen LogP) is 1.48. The van der Waals surface area contributed by atoms with E-state index in [0.717, 1.165) is 11.1 Å². The number of ether oxygens (including phenoxy) is 3. The second-order valence-electron chi connectivity index (χ2n) is 6.51. The minimum atomic E-state index is -0.590. The highest BCUT2D eigenvalue weighted by Gasteiger charge is 2.25. The summed E-state index contributed by atoms with van der Waals surface area (Å²) in [5.74, 6) is 0.432. The topological polar surface area (TPSA) is 109 Å². The highest BCUT2D eigenvalue weighted by molar-refractivity contribution is 7.12. The molecule has 0 spiro atoms. The molecule has 3 aromatic rings. The van der Waals surface area contributed by atoms with Crippen molar-refractivity contribution < 1.29 is 23.8 Å². The monoisotopic (exact) mass is 429 g/mol. The zero-order chi connectivity index (χ0) is 21.1. The van der Waals surface area contributed by atoms with Crippen LogP contribution in [0.25, 0.3) is 5.69 Å². The normalized spacial score (nSPS) is 12.9. The van der Waals surface area contributed by atoms with E-state index in [9.17, 15) is 9.59 Å². The van der Waals surface area contributed by atoms with Crippen LogP contribution in [0.15, 0.2) is 29.9 Å². The van der Waals surface area contributed by atoms with E-state index in [0.29, 0.717) is 41.6 Å². The number of methoxy groups -OCH3 is 2. The molecule has 0 unspecified atom stereocenters. The molecule has 0 saturated carbocycles. The molecular formula is C19H19N5O5S. The quantitative estimate of drug-likeness (QED) is 0.542. The Morgan fingerprint density at radius 3 is 2.63 bits per heavy atom. The number of esters is 1. The Morgan fingerprint density at radius 1 is 1.17 bits per heavy atom. The molecule has 0 bridgehead atoms. The van der Waals surface area contributed by atoms with Gasteiger partial charge in [0.15, 0.2) is 18.1 Å². The van der Waals surface area contributed by atoms with Crippen LogP contribution in [0.5, 0.6) is 11.5 Å². The van der Waals surface area contributed by atoms with Crippen molar-refractivity contribution in [3.63, 3.8) is 0 Å². The van der Waals surface area contributed by atoms with E-state index in [-0.39, 0.29) is 12.5 Å². The van der Waals surface area contributed by atoms with Crippen molar-refractivity contribution in [3.05, 3.63) is 45.9 Å². The zero-order valence-electron chi connectivity index (χ0n) is 16.4. The Kier molecular flexibility index (Phi) is 5.61. The maximum atomic E-state index is 12.6. The summed E-state index contributed by atoms with van der Waals surface area (Å²) in [6.07, 6.45) is 2.07. The Hall–Kier alpha value is -3.47. The molecular weight excluding hydrogens is 410 g/mol. The molecule has 3 heterocycles. The van der Waals surface area contributed by atoms with Gasteiger partial charge in [-0.25, -0.2) is 4.79 Å². The first-order valence-electron chi connectivity index (χ1n) is 9.10. The zero-order valence-corrected chi connectivity index (χ0v) is 17.2. The molecule has 0 saturated heterocycles. The maximum absolute atomic E-state index is 12.6. The Morgan fingerprint density at radius 2 is 1.93 bits per heavy atom. The van der Waals surface area contributed by atoms with E-state index < -0.39 is 5.97 Å². The van der Waals surface area contributed by atoms with Crippen molar-refractivity contribution in [2.45, 2.75) is 13.0 Å². The number of nitrogens with zero attached hydrogens (tertiary/aromatic N) is 5. The number of tetrazole rings is 1. The summed E-state index contributed by atoms with van der Waals surface area (Å²) >= 11 is 1.20. The van der Waals surface area contributed by atoms with Crippen LogP contribution in [-0.4, -0.2) is 64.4 Å². The molecule has 0 radical (unpaired) electrons. The van der Waals surface area contributed by atoms with Gasteiger partial charge in [-0.05, 0) is 51.6 Å². The first kappa shape index (κ1) is 19.8. The van der Waals surface area contributed by atoms with Crippen LogP contribution < -0.4 is 9.47 Å². The number of fused-ring (bicyclic) bond motifs is 1. The lowest BCUT2D eigenvalue weighted by molar-refractivity contribution is -0.135. The van der Waals surface area contributed by atoms with Crippen LogP contribution >= 0.6 is 11.3 Å². The summed E-state index contributed by atoms with van der Waals surface area (Å²) < 4.78 is 17.3. The molecule has 11 heteroatoms. The second-order valence-corrected chi connectivity index (χ2v) is 7.42. The van der Waals surface area contributed by atoms with Crippen LogP contribution in [0.2, 0.25) is 0 Å². The van der Waals surface area contributed by atoms with Crippen LogP contribution in [0, 0.1) is 0 Å². The third kappa shape index (κ3) is 3.83. The molecule has 30 heavy (non-hydrogen) atoms. The highest BCUT2D eigenvalue weighted by atomic mass is 32.1. The van der Waals surface area contributed by atoms with Crippen molar-refractivity contribution in [2.75, 3.05) is 27.4 Å². The fourth-order valence-corrected chi connectivity index (χ4v) is 4.06. The van der Waals surface area contributed by atoms with Gasteiger partial charge < -0.3 is 19.1 Å². The molecule has 156 valence electrons. The second kappa shape index (κ2) is 8.49. The smallest absolute Gasteiger partial charge is 0.351 e. The van der Waals surface area contributed by atoms with E-state index in [1.807, 2.05) is 12.1 Å². The number of hydrogen-bond acceptors (Lipinski definition) is 9. The molecule has 1 aliphatic heterocycles. The van der Waals surface area contributed by atoms with Crippen LogP contribution in [0.1, 0.15) is 20.8 Å². The lowest BCUT2D eigenvalue weighted by atomic mass is 9.99. The third-order valence-electron chi connectivity index (χ3n) is 4.82. The van der Waals surface area contributed by atoms with Gasteiger partial charge in [0, 0.05) is 13.1 Å². The van der Waals surface area contributed by atoms with Gasteiger partial charge in [0.25, 0.3) is 5.91 Å². The van der Waals surface area contributed by atoms with Gasteiger partial charge in [-0.2, -0.15) is 4.68 Å². The molecule has 1 amide bonds. The largest absolute Gasteiger partial charge is 0.493 e. The van der Waals surface area contributed by atoms with Crippen molar-refractivity contribution in [3.8, 4) is 17.2 Å². The van der Waals surface area contributed by atoms with Crippen molar-refractivity contribution >= 4 is 23.2 Å². The predicted molar refractivity (Wildman–Crippen MR) is 106 cm³/mol. The number of amides is 1. The number of benzene rings is 1. The average Bonchev–Trinajstić information content (AvgIpc) is 3.47. The summed E-state index contributed by atoms with van der Waals surface area (Å²) in [7, 11) is 3.17. The SMILES string of the molecule is COc1cc2c(cc1OC)CN(C(=O)COC(=O)c1sccc1-n1cnnn1)CC2. The van der Waals surface area contributed by atoms with Crippen LogP contribution in [0.3, 0.4) is 0 Å². The number of rotatable bonds is 6. The lowest BCUT2D eigenvalue weighted by Crippen LogP contribution is -2.38. The summed E-state index contributed by atoms with van der Waals surface area (Å²) in [6, 6.07) is 5.53. The summed E-state index contributed by atoms with van der Waals surface area (Å²) in [6.45, 7) is 0.614. The standard InChI is InChI=1S/C19H19N5O5S/c1-27-15-7-12-3-5-23(9-13(12)8-16(15)28-2)17(25)10-29-19(26)18-14(4-6-30-18)24-11-20-21-22-24/h4,6-8,11H,3,5,9-10H2,1-2H3. The number of aromatic nitrogens is 4. The number of carbonyl (C=O) groups is 2. The third-order valence-corrected chi connectivity index (χ3v) is 5.71. The van der Waals surface area contributed by atoms with Crippen molar-refractivity contribution in [2.24, 2.45) is 0 Å². The molecule has 0 aliphatic carbocycles. The molecule has 1 aliphatic rings. The number of carbonyl (C=O) groups excluding carboxylic acids is 2. The molecule has 2 aromatic heterocycles. The van der Waals surface area contributed by atoms with Gasteiger partial charge in [-0.15, -0.1) is 16.4 Å². The molecule has 1 aromatic carbocycles. The highest BCUT2D eigenvalue weighted by Crippen LogP contribution is 2.33. The molecule has 0 atom stereocenters. The van der Waals surface area contributed by atoms with E-state index in [2.05, 4.69) is 15.5 Å². The van der Waals surface area contributed by atoms with Crippen molar-refractivity contribution in [1.82, 2.24) is 25.1 Å². The van der Waals surface area contributed by atoms with Gasteiger partial charge in [0.2, 0.25) is 0 Å². The van der Waals surface area contributed by atoms with Crippen molar-refractivity contribution in [1.29, 1.82) is 0 Å². The van der Waals surface area contributed by atoms with E-state index in [1.54, 1.807) is 30.6 Å². The Balaban J connectivity index is 1.40.